The topological polar surface area (TPSA) is 29.5 Å². The summed E-state index contributed by atoms with van der Waals surface area (Å²) in [7, 11) is -1.75. The normalized spacial score (nSPS) is 18.6. The van der Waals surface area contributed by atoms with Gasteiger partial charge >= 0.3 is 0 Å². The van der Waals surface area contributed by atoms with Crippen molar-refractivity contribution in [3.63, 3.8) is 0 Å². The van der Waals surface area contributed by atoms with E-state index >= 15 is 0 Å². The molecule has 17 heavy (non-hydrogen) atoms. The molecule has 3 atom stereocenters. The van der Waals surface area contributed by atoms with Crippen LogP contribution in [0, 0.1) is 5.92 Å². The highest BCUT2D eigenvalue weighted by molar-refractivity contribution is 6.74. The van der Waals surface area contributed by atoms with Crippen LogP contribution in [0.2, 0.25) is 18.1 Å². The summed E-state index contributed by atoms with van der Waals surface area (Å²) >= 11 is 0. The van der Waals surface area contributed by atoms with Gasteiger partial charge in [0.25, 0.3) is 0 Å². The Labute approximate surface area is 108 Å². The summed E-state index contributed by atoms with van der Waals surface area (Å²) in [5, 5.41) is 10.1. The third-order valence-electron chi connectivity index (χ3n) is 4.04. The van der Waals surface area contributed by atoms with E-state index in [4.69, 9.17) is 4.43 Å². The molecule has 0 saturated heterocycles. The molecule has 0 bridgehead atoms. The van der Waals surface area contributed by atoms with Crippen LogP contribution in [0.1, 0.15) is 41.0 Å². The zero-order valence-corrected chi connectivity index (χ0v) is 13.6. The summed E-state index contributed by atoms with van der Waals surface area (Å²) in [6.07, 6.45) is 2.12. The second kappa shape index (κ2) is 6.16. The highest BCUT2D eigenvalue weighted by Crippen LogP contribution is 2.38. The van der Waals surface area contributed by atoms with E-state index < -0.39 is 14.4 Å². The van der Waals surface area contributed by atoms with E-state index in [0.717, 1.165) is 6.42 Å². The molecule has 0 saturated carbocycles. The van der Waals surface area contributed by atoms with Gasteiger partial charge in [0.2, 0.25) is 0 Å². The zero-order valence-electron chi connectivity index (χ0n) is 12.6. The van der Waals surface area contributed by atoms with Crippen LogP contribution < -0.4 is 0 Å². The van der Waals surface area contributed by atoms with E-state index in [0.29, 0.717) is 0 Å². The summed E-state index contributed by atoms with van der Waals surface area (Å²) in [5.74, 6) is 0.140. The van der Waals surface area contributed by atoms with E-state index in [1.165, 1.54) is 0 Å². The Morgan fingerprint density at radius 2 is 1.82 bits per heavy atom. The maximum Gasteiger partial charge on any atom is 0.192 e. The Morgan fingerprint density at radius 1 is 1.35 bits per heavy atom. The average Bonchev–Trinajstić information content (AvgIpc) is 2.15. The van der Waals surface area contributed by atoms with E-state index in [1.807, 2.05) is 0 Å². The number of aliphatic hydroxyl groups is 1. The van der Waals surface area contributed by atoms with Crippen LogP contribution in [0.25, 0.3) is 0 Å². The van der Waals surface area contributed by atoms with Gasteiger partial charge in [0.1, 0.15) is 0 Å². The molecule has 0 aliphatic carbocycles. The summed E-state index contributed by atoms with van der Waals surface area (Å²) in [4.78, 5) is 0. The highest BCUT2D eigenvalue weighted by Gasteiger charge is 2.40. The molecule has 3 heteroatoms. The van der Waals surface area contributed by atoms with Gasteiger partial charge in [-0.1, -0.05) is 33.8 Å². The zero-order chi connectivity index (χ0) is 13.9. The van der Waals surface area contributed by atoms with Crippen molar-refractivity contribution in [2.75, 3.05) is 0 Å². The minimum atomic E-state index is -1.75. The van der Waals surface area contributed by atoms with Crippen LogP contribution in [0.3, 0.4) is 0 Å². The van der Waals surface area contributed by atoms with Gasteiger partial charge in [0.05, 0.1) is 6.10 Å². The maximum atomic E-state index is 9.91. The second-order valence-electron chi connectivity index (χ2n) is 6.38. The first-order chi connectivity index (χ1) is 7.56. The van der Waals surface area contributed by atoms with Crippen LogP contribution in [0.4, 0.5) is 0 Å². The lowest BCUT2D eigenvalue weighted by atomic mass is 9.94. The van der Waals surface area contributed by atoms with Crippen LogP contribution in [-0.4, -0.2) is 25.6 Å². The van der Waals surface area contributed by atoms with Crippen molar-refractivity contribution in [2.24, 2.45) is 5.92 Å². The van der Waals surface area contributed by atoms with E-state index in [2.05, 4.69) is 54.3 Å². The lowest BCUT2D eigenvalue weighted by Gasteiger charge is -2.41. The van der Waals surface area contributed by atoms with Crippen molar-refractivity contribution in [1.29, 1.82) is 0 Å². The van der Waals surface area contributed by atoms with Gasteiger partial charge in [-0.05, 0) is 31.5 Å². The smallest absolute Gasteiger partial charge is 0.192 e. The van der Waals surface area contributed by atoms with Gasteiger partial charge in [0.15, 0.2) is 8.32 Å². The highest BCUT2D eigenvalue weighted by atomic mass is 28.4. The van der Waals surface area contributed by atoms with E-state index in [-0.39, 0.29) is 17.1 Å². The molecule has 0 amide bonds. The Bertz CT molecular complexity index is 243. The molecule has 0 aliphatic heterocycles. The summed E-state index contributed by atoms with van der Waals surface area (Å²) in [6.45, 7) is 19.0. The Hall–Kier alpha value is -0.123. The Morgan fingerprint density at radius 3 is 2.12 bits per heavy atom. The first-order valence-corrected chi connectivity index (χ1v) is 9.46. The quantitative estimate of drug-likeness (QED) is 0.577. The van der Waals surface area contributed by atoms with E-state index in [1.54, 1.807) is 6.08 Å². The van der Waals surface area contributed by atoms with E-state index in [9.17, 15) is 5.11 Å². The predicted octanol–water partition coefficient (Wildman–Crippen LogP) is 3.97. The van der Waals surface area contributed by atoms with Crippen LogP contribution >= 0.6 is 0 Å². The number of hydrogen-bond acceptors (Lipinski definition) is 2. The lowest BCUT2D eigenvalue weighted by molar-refractivity contribution is 0.0507. The molecular formula is C14H30O2Si. The van der Waals surface area contributed by atoms with Crippen molar-refractivity contribution < 1.29 is 9.53 Å². The van der Waals surface area contributed by atoms with Crippen molar-refractivity contribution in [2.45, 2.75) is 71.4 Å². The van der Waals surface area contributed by atoms with Crippen LogP contribution in [0.5, 0.6) is 0 Å². The standard InChI is InChI=1S/C14H30O2Si/c1-9-12(13(15)10-2)11(3)16-17(7,8)14(4,5)6/h10-13,15H,2,9H2,1,3-8H3/t11-,12-,13?/m0/s1. The fourth-order valence-corrected chi connectivity index (χ4v) is 3.21. The SMILES string of the molecule is C=CC(O)[C@@H](CC)[C@H](C)O[Si](C)(C)C(C)(C)C. The lowest BCUT2D eigenvalue weighted by Crippen LogP contribution is -2.46. The average molecular weight is 258 g/mol. The molecular weight excluding hydrogens is 228 g/mol. The van der Waals surface area contributed by atoms with Crippen molar-refractivity contribution in [3.05, 3.63) is 12.7 Å². The molecule has 0 rings (SSSR count). The number of hydrogen-bond donors (Lipinski definition) is 1. The second-order valence-corrected chi connectivity index (χ2v) is 11.1. The number of aliphatic hydroxyl groups excluding tert-OH is 1. The third kappa shape index (κ3) is 4.57. The molecule has 1 N–H and O–H groups in total. The predicted molar refractivity (Wildman–Crippen MR) is 77.7 cm³/mol. The molecule has 2 nitrogen and oxygen atoms in total. The third-order valence-corrected chi connectivity index (χ3v) is 8.61. The van der Waals surface area contributed by atoms with Crippen molar-refractivity contribution in [1.82, 2.24) is 0 Å². The molecule has 0 aromatic carbocycles. The van der Waals surface area contributed by atoms with Gasteiger partial charge < -0.3 is 9.53 Å². The Kier molecular flexibility index (Phi) is 6.12. The van der Waals surface area contributed by atoms with Gasteiger partial charge in [-0.2, -0.15) is 0 Å². The minimum absolute atomic E-state index is 0.0777. The molecule has 0 spiro atoms. The van der Waals surface area contributed by atoms with Gasteiger partial charge in [-0.3, -0.25) is 0 Å². The molecule has 0 radical (unpaired) electrons. The van der Waals surface area contributed by atoms with Gasteiger partial charge in [0, 0.05) is 12.0 Å². The molecule has 102 valence electrons. The summed E-state index contributed by atoms with van der Waals surface area (Å²) in [6, 6.07) is 0. The number of rotatable bonds is 6. The molecule has 0 aromatic rings. The van der Waals surface area contributed by atoms with Crippen molar-refractivity contribution in [3.8, 4) is 0 Å². The molecule has 0 aliphatic rings. The van der Waals surface area contributed by atoms with Crippen molar-refractivity contribution >= 4 is 8.32 Å². The van der Waals surface area contributed by atoms with Gasteiger partial charge in [-0.15, -0.1) is 6.58 Å². The molecule has 0 heterocycles. The first kappa shape index (κ1) is 16.9. The van der Waals surface area contributed by atoms with Gasteiger partial charge in [-0.25, -0.2) is 0 Å². The minimum Gasteiger partial charge on any atom is -0.414 e. The Balaban J connectivity index is 4.72. The molecule has 1 unspecified atom stereocenters. The fraction of sp³-hybridized carbons (Fsp3) is 0.857. The monoisotopic (exact) mass is 258 g/mol. The first-order valence-electron chi connectivity index (χ1n) is 6.55. The molecule has 0 aromatic heterocycles. The van der Waals surface area contributed by atoms with Crippen LogP contribution in [-0.2, 0) is 4.43 Å². The summed E-state index contributed by atoms with van der Waals surface area (Å²) in [5.41, 5.74) is 0. The maximum absolute atomic E-state index is 9.91. The summed E-state index contributed by atoms with van der Waals surface area (Å²) < 4.78 is 6.31. The fourth-order valence-electron chi connectivity index (χ4n) is 1.75. The van der Waals surface area contributed by atoms with Crippen LogP contribution in [0.15, 0.2) is 12.7 Å². The largest absolute Gasteiger partial charge is 0.414 e. The molecule has 0 fully saturated rings.